The number of benzene rings is 2. The fraction of sp³-hybridized carbons (Fsp3) is 0.200. The summed E-state index contributed by atoms with van der Waals surface area (Å²) in [5.74, 6) is 0.527. The lowest BCUT2D eigenvalue weighted by Crippen LogP contribution is -2.27. The van der Waals surface area contributed by atoms with Crippen molar-refractivity contribution in [1.82, 2.24) is 4.89 Å². The second-order valence-electron chi connectivity index (χ2n) is 4.48. The Balaban J connectivity index is 1.70. The third kappa shape index (κ3) is 6.03. The SMILES string of the molecule is O=S(=O)(Cc1ccc(Cl)cc1)NOCCOc1ccccc1. The number of rotatable bonds is 8. The summed E-state index contributed by atoms with van der Waals surface area (Å²) in [7, 11) is -3.56. The minimum atomic E-state index is -3.56. The van der Waals surface area contributed by atoms with E-state index in [0.717, 1.165) is 0 Å². The molecular formula is C15H16ClNO4S. The Kier molecular flexibility index (Phi) is 6.21. The largest absolute Gasteiger partial charge is 0.491 e. The van der Waals surface area contributed by atoms with E-state index in [2.05, 4.69) is 4.89 Å². The number of halogens is 1. The van der Waals surface area contributed by atoms with Crippen molar-refractivity contribution < 1.29 is 18.0 Å². The summed E-state index contributed by atoms with van der Waals surface area (Å²) < 4.78 is 29.0. The molecule has 0 aliphatic heterocycles. The first-order chi connectivity index (χ1) is 10.6. The van der Waals surface area contributed by atoms with Crippen molar-refractivity contribution in [2.75, 3.05) is 13.2 Å². The Bertz CT molecular complexity index is 674. The molecule has 2 rings (SSSR count). The molecule has 0 radical (unpaired) electrons. The summed E-state index contributed by atoms with van der Waals surface area (Å²) >= 11 is 5.75. The van der Waals surface area contributed by atoms with Crippen LogP contribution in [0.25, 0.3) is 0 Å². The molecule has 2 aromatic rings. The summed E-state index contributed by atoms with van der Waals surface area (Å²) in [4.78, 5) is 6.99. The molecule has 5 nitrogen and oxygen atoms in total. The van der Waals surface area contributed by atoms with Gasteiger partial charge in [-0.1, -0.05) is 46.8 Å². The van der Waals surface area contributed by atoms with Crippen LogP contribution in [0.2, 0.25) is 5.02 Å². The van der Waals surface area contributed by atoms with Gasteiger partial charge in [-0.25, -0.2) is 8.42 Å². The molecule has 118 valence electrons. The van der Waals surface area contributed by atoms with Crippen molar-refractivity contribution in [1.29, 1.82) is 0 Å². The quantitative estimate of drug-likeness (QED) is 0.592. The molecule has 0 bridgehead atoms. The average Bonchev–Trinajstić information content (AvgIpc) is 2.50. The van der Waals surface area contributed by atoms with Crippen LogP contribution in [0.1, 0.15) is 5.56 Å². The summed E-state index contributed by atoms with van der Waals surface area (Å²) in [5.41, 5.74) is 0.626. The average molecular weight is 342 g/mol. The Labute approximate surface area is 134 Å². The maximum atomic E-state index is 11.8. The van der Waals surface area contributed by atoms with E-state index in [1.54, 1.807) is 24.3 Å². The fourth-order valence-electron chi connectivity index (χ4n) is 1.68. The third-order valence-corrected chi connectivity index (χ3v) is 3.99. The van der Waals surface area contributed by atoms with Crippen LogP contribution in [0.5, 0.6) is 5.75 Å². The van der Waals surface area contributed by atoms with Gasteiger partial charge in [0.15, 0.2) is 0 Å². The van der Waals surface area contributed by atoms with E-state index in [-0.39, 0.29) is 19.0 Å². The lowest BCUT2D eigenvalue weighted by Gasteiger charge is -2.08. The van der Waals surface area contributed by atoms with Gasteiger partial charge in [0.1, 0.15) is 19.0 Å². The number of para-hydroxylation sites is 1. The highest BCUT2D eigenvalue weighted by atomic mass is 35.5. The number of hydrogen-bond donors (Lipinski definition) is 1. The van der Waals surface area contributed by atoms with Crippen LogP contribution in [-0.2, 0) is 20.6 Å². The van der Waals surface area contributed by atoms with Crippen molar-refractivity contribution in [2.45, 2.75) is 5.75 Å². The summed E-state index contributed by atoms with van der Waals surface area (Å²) in [6.45, 7) is 0.349. The Morgan fingerprint density at radius 2 is 1.64 bits per heavy atom. The van der Waals surface area contributed by atoms with Gasteiger partial charge in [-0.15, -0.1) is 0 Å². The van der Waals surface area contributed by atoms with Crippen LogP contribution in [-0.4, -0.2) is 21.6 Å². The Hall–Kier alpha value is -1.60. The molecule has 0 unspecified atom stereocenters. The van der Waals surface area contributed by atoms with Gasteiger partial charge in [-0.2, -0.15) is 0 Å². The lowest BCUT2D eigenvalue weighted by atomic mass is 10.2. The van der Waals surface area contributed by atoms with Crippen molar-refractivity contribution in [3.05, 3.63) is 65.2 Å². The summed E-state index contributed by atoms with van der Waals surface area (Å²) in [6.07, 6.45) is 0. The van der Waals surface area contributed by atoms with Gasteiger partial charge in [-0.05, 0) is 29.8 Å². The second-order valence-corrected chi connectivity index (χ2v) is 6.60. The molecule has 0 aliphatic carbocycles. The van der Waals surface area contributed by atoms with Crippen LogP contribution < -0.4 is 9.62 Å². The molecule has 0 amide bonds. The van der Waals surface area contributed by atoms with Crippen molar-refractivity contribution >= 4 is 21.6 Å². The molecule has 22 heavy (non-hydrogen) atoms. The molecule has 0 heterocycles. The monoisotopic (exact) mass is 341 g/mol. The molecule has 0 saturated carbocycles. The molecule has 0 aliphatic rings. The fourth-order valence-corrected chi connectivity index (χ4v) is 2.76. The van der Waals surface area contributed by atoms with Gasteiger partial charge < -0.3 is 4.74 Å². The highest BCUT2D eigenvalue weighted by molar-refractivity contribution is 7.88. The second kappa shape index (κ2) is 8.14. The van der Waals surface area contributed by atoms with E-state index in [9.17, 15) is 8.42 Å². The van der Waals surface area contributed by atoms with Gasteiger partial charge in [-0.3, -0.25) is 4.84 Å². The minimum Gasteiger partial charge on any atom is -0.491 e. The Morgan fingerprint density at radius 3 is 2.32 bits per heavy atom. The van der Waals surface area contributed by atoms with Crippen molar-refractivity contribution in [2.24, 2.45) is 0 Å². The standard InChI is InChI=1S/C15H16ClNO4S/c16-14-8-6-13(7-9-14)12-22(18,19)17-21-11-10-20-15-4-2-1-3-5-15/h1-9,17H,10-12H2. The first kappa shape index (κ1) is 16.8. The van der Waals surface area contributed by atoms with E-state index in [1.807, 2.05) is 30.3 Å². The minimum absolute atomic E-state index is 0.106. The third-order valence-electron chi connectivity index (χ3n) is 2.65. The first-order valence-electron chi connectivity index (χ1n) is 6.59. The van der Waals surface area contributed by atoms with Crippen LogP contribution in [0, 0.1) is 0 Å². The van der Waals surface area contributed by atoms with Gasteiger partial charge >= 0.3 is 0 Å². The molecule has 0 fully saturated rings. The maximum absolute atomic E-state index is 11.8. The normalized spacial score (nSPS) is 11.3. The van der Waals surface area contributed by atoms with E-state index in [1.165, 1.54) is 0 Å². The molecule has 1 N–H and O–H groups in total. The van der Waals surface area contributed by atoms with E-state index in [0.29, 0.717) is 16.3 Å². The maximum Gasteiger partial charge on any atom is 0.237 e. The van der Waals surface area contributed by atoms with Crippen molar-refractivity contribution in [3.8, 4) is 5.75 Å². The predicted molar refractivity (Wildman–Crippen MR) is 85.1 cm³/mol. The van der Waals surface area contributed by atoms with E-state index in [4.69, 9.17) is 21.2 Å². The molecule has 2 aromatic carbocycles. The molecule has 0 atom stereocenters. The van der Waals surface area contributed by atoms with Crippen LogP contribution >= 0.6 is 11.6 Å². The summed E-state index contributed by atoms with van der Waals surface area (Å²) in [6, 6.07) is 15.8. The molecule has 0 aromatic heterocycles. The van der Waals surface area contributed by atoms with Crippen LogP contribution in [0.3, 0.4) is 0 Å². The zero-order chi connectivity index (χ0) is 15.8. The van der Waals surface area contributed by atoms with E-state index >= 15 is 0 Å². The van der Waals surface area contributed by atoms with Crippen LogP contribution in [0.15, 0.2) is 54.6 Å². The van der Waals surface area contributed by atoms with Gasteiger partial charge in [0.05, 0.1) is 5.75 Å². The molecular weight excluding hydrogens is 326 g/mol. The van der Waals surface area contributed by atoms with Gasteiger partial charge in [0, 0.05) is 5.02 Å². The van der Waals surface area contributed by atoms with Gasteiger partial charge in [0.2, 0.25) is 10.0 Å². The number of sulfonamides is 1. The molecule has 7 heteroatoms. The zero-order valence-electron chi connectivity index (χ0n) is 11.7. The Morgan fingerprint density at radius 1 is 0.955 bits per heavy atom. The van der Waals surface area contributed by atoms with Gasteiger partial charge in [0.25, 0.3) is 0 Å². The number of hydrogen-bond acceptors (Lipinski definition) is 4. The molecule has 0 spiro atoms. The smallest absolute Gasteiger partial charge is 0.237 e. The predicted octanol–water partition coefficient (Wildman–Crippen LogP) is 2.77. The number of ether oxygens (including phenoxy) is 1. The molecule has 0 saturated heterocycles. The van der Waals surface area contributed by atoms with Crippen molar-refractivity contribution in [3.63, 3.8) is 0 Å². The topological polar surface area (TPSA) is 64.6 Å². The first-order valence-corrected chi connectivity index (χ1v) is 8.62. The zero-order valence-corrected chi connectivity index (χ0v) is 13.3. The lowest BCUT2D eigenvalue weighted by molar-refractivity contribution is 0.0665. The highest BCUT2D eigenvalue weighted by Crippen LogP contribution is 2.11. The number of nitrogens with one attached hydrogen (secondary N) is 1. The highest BCUT2D eigenvalue weighted by Gasteiger charge is 2.11. The van der Waals surface area contributed by atoms with E-state index < -0.39 is 10.0 Å². The summed E-state index contributed by atoms with van der Waals surface area (Å²) in [5, 5.41) is 0.559. The van der Waals surface area contributed by atoms with Crippen LogP contribution in [0.4, 0.5) is 0 Å².